The van der Waals surface area contributed by atoms with Gasteiger partial charge in [0.05, 0.1) is 12.2 Å². The summed E-state index contributed by atoms with van der Waals surface area (Å²) in [6.45, 7) is 1.75. The normalized spacial score (nSPS) is 10.2. The maximum absolute atomic E-state index is 9.28. The summed E-state index contributed by atoms with van der Waals surface area (Å²) < 4.78 is 5.74. The number of nitrogens with zero attached hydrogens (tertiary/aromatic N) is 1. The number of para-hydroxylation sites is 1. The zero-order valence-electron chi connectivity index (χ0n) is 10.5. The molecule has 0 unspecified atom stereocenters. The minimum Gasteiger partial charge on any atom is -0.438 e. The summed E-state index contributed by atoms with van der Waals surface area (Å²) >= 11 is 4.98. The number of aryl methyl sites for hydroxylation is 1. The van der Waals surface area contributed by atoms with Gasteiger partial charge in [-0.1, -0.05) is 30.4 Å². The third-order valence-corrected chi connectivity index (χ3v) is 2.83. The number of benzene rings is 1. The second-order valence-corrected chi connectivity index (χ2v) is 4.48. The molecule has 2 aromatic rings. The van der Waals surface area contributed by atoms with Gasteiger partial charge in [0.25, 0.3) is 0 Å². The third-order valence-electron chi connectivity index (χ3n) is 2.61. The Morgan fingerprint density at radius 2 is 2.05 bits per heavy atom. The molecule has 3 N–H and O–H groups in total. The average molecular weight is 274 g/mol. The molecule has 0 bridgehead atoms. The van der Waals surface area contributed by atoms with Crippen LogP contribution in [-0.4, -0.2) is 15.1 Å². The first kappa shape index (κ1) is 13.5. The van der Waals surface area contributed by atoms with Crippen LogP contribution in [0.5, 0.6) is 11.6 Å². The van der Waals surface area contributed by atoms with E-state index in [0.29, 0.717) is 22.8 Å². The van der Waals surface area contributed by atoms with Crippen LogP contribution in [0, 0.1) is 6.92 Å². The largest absolute Gasteiger partial charge is 0.438 e. The molecule has 19 heavy (non-hydrogen) atoms. The smallest absolute Gasteiger partial charge is 0.229 e. The van der Waals surface area contributed by atoms with Gasteiger partial charge in [-0.2, -0.15) is 0 Å². The van der Waals surface area contributed by atoms with Crippen molar-refractivity contribution < 1.29 is 9.84 Å². The standard InChI is InChI=1S/C14H14N2O2S/c1-9-6-7-11(13(15)19)14(16-9)18-12-5-3-2-4-10(12)8-17/h2-7,17H,8H2,1H3,(H2,15,19). The number of hydrogen-bond donors (Lipinski definition) is 2. The number of ether oxygens (including phenoxy) is 1. The van der Waals surface area contributed by atoms with Crippen LogP contribution in [0.1, 0.15) is 16.8 Å². The van der Waals surface area contributed by atoms with Crippen molar-refractivity contribution >= 4 is 17.2 Å². The van der Waals surface area contributed by atoms with Gasteiger partial charge >= 0.3 is 0 Å². The Bertz CT molecular complexity index is 614. The van der Waals surface area contributed by atoms with Crippen LogP contribution >= 0.6 is 12.2 Å². The topological polar surface area (TPSA) is 68.4 Å². The molecule has 1 heterocycles. The molecule has 0 saturated heterocycles. The number of aliphatic hydroxyl groups excluding tert-OH is 1. The van der Waals surface area contributed by atoms with Crippen molar-refractivity contribution in [3.8, 4) is 11.6 Å². The molecule has 4 nitrogen and oxygen atoms in total. The molecular formula is C14H14N2O2S. The molecular weight excluding hydrogens is 260 g/mol. The lowest BCUT2D eigenvalue weighted by Crippen LogP contribution is -2.12. The van der Waals surface area contributed by atoms with Gasteiger partial charge in [-0.15, -0.1) is 0 Å². The minimum atomic E-state index is -0.107. The molecule has 0 aliphatic carbocycles. The van der Waals surface area contributed by atoms with E-state index in [2.05, 4.69) is 4.98 Å². The number of nitrogens with two attached hydrogens (primary N) is 1. The fourth-order valence-corrected chi connectivity index (χ4v) is 1.79. The Kier molecular flexibility index (Phi) is 4.09. The summed E-state index contributed by atoms with van der Waals surface area (Å²) in [5.41, 5.74) is 7.71. The Labute approximate surface area is 116 Å². The molecule has 98 valence electrons. The van der Waals surface area contributed by atoms with E-state index in [9.17, 15) is 5.11 Å². The molecule has 0 radical (unpaired) electrons. The lowest BCUT2D eigenvalue weighted by molar-refractivity contribution is 0.276. The Hall–Kier alpha value is -1.98. The van der Waals surface area contributed by atoms with Crippen molar-refractivity contribution in [1.29, 1.82) is 0 Å². The van der Waals surface area contributed by atoms with Gasteiger partial charge in [-0.05, 0) is 25.1 Å². The van der Waals surface area contributed by atoms with Crippen LogP contribution in [0.2, 0.25) is 0 Å². The Morgan fingerprint density at radius 3 is 2.74 bits per heavy atom. The van der Waals surface area contributed by atoms with Gasteiger partial charge in [-0.3, -0.25) is 0 Å². The summed E-state index contributed by atoms with van der Waals surface area (Å²) in [4.78, 5) is 4.52. The minimum absolute atomic E-state index is 0.107. The third kappa shape index (κ3) is 3.07. The van der Waals surface area contributed by atoms with Crippen LogP contribution < -0.4 is 10.5 Å². The molecule has 0 aliphatic heterocycles. The first-order chi connectivity index (χ1) is 9.11. The van der Waals surface area contributed by atoms with Crippen LogP contribution in [0.4, 0.5) is 0 Å². The van der Waals surface area contributed by atoms with Crippen molar-refractivity contribution in [1.82, 2.24) is 4.98 Å². The summed E-state index contributed by atoms with van der Waals surface area (Å²) in [5.74, 6) is 0.897. The highest BCUT2D eigenvalue weighted by Gasteiger charge is 2.11. The number of hydrogen-bond acceptors (Lipinski definition) is 4. The zero-order valence-corrected chi connectivity index (χ0v) is 11.3. The van der Waals surface area contributed by atoms with Gasteiger partial charge in [-0.25, -0.2) is 4.98 Å². The summed E-state index contributed by atoms with van der Waals surface area (Å²) in [6.07, 6.45) is 0. The number of rotatable bonds is 4. The van der Waals surface area contributed by atoms with Crippen molar-refractivity contribution in [2.75, 3.05) is 0 Å². The van der Waals surface area contributed by atoms with Gasteiger partial charge in [0.15, 0.2) is 0 Å². The van der Waals surface area contributed by atoms with E-state index >= 15 is 0 Å². The molecule has 5 heteroatoms. The van der Waals surface area contributed by atoms with E-state index < -0.39 is 0 Å². The second-order valence-electron chi connectivity index (χ2n) is 4.04. The number of pyridine rings is 1. The molecule has 0 saturated carbocycles. The molecule has 0 fully saturated rings. The van der Waals surface area contributed by atoms with E-state index in [-0.39, 0.29) is 11.6 Å². The predicted octanol–water partition coefficient (Wildman–Crippen LogP) is 2.31. The summed E-state index contributed by atoms with van der Waals surface area (Å²) in [5, 5.41) is 9.28. The molecule has 2 rings (SSSR count). The van der Waals surface area contributed by atoms with Crippen LogP contribution in [0.25, 0.3) is 0 Å². The molecule has 0 spiro atoms. The van der Waals surface area contributed by atoms with E-state index in [1.165, 1.54) is 0 Å². The highest BCUT2D eigenvalue weighted by Crippen LogP contribution is 2.26. The van der Waals surface area contributed by atoms with Gasteiger partial charge < -0.3 is 15.6 Å². The molecule has 1 aromatic carbocycles. The van der Waals surface area contributed by atoms with Crippen LogP contribution in [-0.2, 0) is 6.61 Å². The van der Waals surface area contributed by atoms with Crippen molar-refractivity contribution in [2.24, 2.45) is 5.73 Å². The fourth-order valence-electron chi connectivity index (χ4n) is 1.64. The Balaban J connectivity index is 2.42. The maximum atomic E-state index is 9.28. The van der Waals surface area contributed by atoms with E-state index in [1.54, 1.807) is 18.2 Å². The molecule has 0 aliphatic rings. The molecule has 0 atom stereocenters. The number of thiocarbonyl (C=S) groups is 1. The van der Waals surface area contributed by atoms with Crippen molar-refractivity contribution in [2.45, 2.75) is 13.5 Å². The predicted molar refractivity (Wildman–Crippen MR) is 77.3 cm³/mol. The van der Waals surface area contributed by atoms with E-state index in [4.69, 9.17) is 22.7 Å². The van der Waals surface area contributed by atoms with Gasteiger partial charge in [0, 0.05) is 11.3 Å². The number of aromatic nitrogens is 1. The molecule has 0 amide bonds. The van der Waals surface area contributed by atoms with E-state index in [0.717, 1.165) is 5.69 Å². The quantitative estimate of drug-likeness (QED) is 0.837. The Morgan fingerprint density at radius 1 is 1.32 bits per heavy atom. The number of aliphatic hydroxyl groups is 1. The summed E-state index contributed by atoms with van der Waals surface area (Å²) in [6, 6.07) is 10.8. The lowest BCUT2D eigenvalue weighted by atomic mass is 10.2. The SMILES string of the molecule is Cc1ccc(C(N)=S)c(Oc2ccccc2CO)n1. The highest BCUT2D eigenvalue weighted by molar-refractivity contribution is 7.80. The monoisotopic (exact) mass is 274 g/mol. The van der Waals surface area contributed by atoms with Gasteiger partial charge in [0.2, 0.25) is 5.88 Å². The lowest BCUT2D eigenvalue weighted by Gasteiger charge is -2.12. The summed E-state index contributed by atoms with van der Waals surface area (Å²) in [7, 11) is 0. The fraction of sp³-hybridized carbons (Fsp3) is 0.143. The first-order valence-electron chi connectivity index (χ1n) is 5.76. The average Bonchev–Trinajstić information content (AvgIpc) is 2.39. The molecule has 1 aromatic heterocycles. The zero-order chi connectivity index (χ0) is 13.8. The van der Waals surface area contributed by atoms with Gasteiger partial charge in [0.1, 0.15) is 10.7 Å². The highest BCUT2D eigenvalue weighted by atomic mass is 32.1. The van der Waals surface area contributed by atoms with Crippen LogP contribution in [0.3, 0.4) is 0 Å². The first-order valence-corrected chi connectivity index (χ1v) is 6.16. The van der Waals surface area contributed by atoms with Crippen LogP contribution in [0.15, 0.2) is 36.4 Å². The van der Waals surface area contributed by atoms with E-state index in [1.807, 2.05) is 25.1 Å². The second kappa shape index (κ2) is 5.77. The van der Waals surface area contributed by atoms with Crippen molar-refractivity contribution in [3.05, 3.63) is 53.2 Å². The van der Waals surface area contributed by atoms with Crippen molar-refractivity contribution in [3.63, 3.8) is 0 Å². The maximum Gasteiger partial charge on any atom is 0.229 e.